The van der Waals surface area contributed by atoms with Crippen LogP contribution in [0.2, 0.25) is 0 Å². The predicted octanol–water partition coefficient (Wildman–Crippen LogP) is 15.5. The van der Waals surface area contributed by atoms with Crippen LogP contribution < -0.4 is 5.32 Å². The molecule has 0 bridgehead atoms. The molecule has 322 valence electrons. The van der Waals surface area contributed by atoms with Gasteiger partial charge in [-0.25, -0.2) is 0 Å². The Balaban J connectivity index is 3.60. The summed E-state index contributed by atoms with van der Waals surface area (Å²) in [7, 11) is 0. The van der Waals surface area contributed by atoms with Gasteiger partial charge in [-0.2, -0.15) is 0 Å². The summed E-state index contributed by atoms with van der Waals surface area (Å²) < 4.78 is 0. The molecule has 0 aliphatic carbocycles. The number of aliphatic hydroxyl groups is 2. The highest BCUT2D eigenvalue weighted by molar-refractivity contribution is 5.76. The molecule has 0 aromatic carbocycles. The smallest absolute Gasteiger partial charge is 0.220 e. The summed E-state index contributed by atoms with van der Waals surface area (Å²) in [6, 6.07) is -0.647. The van der Waals surface area contributed by atoms with Crippen LogP contribution in [0.15, 0.2) is 48.6 Å². The standard InChI is InChI=1S/C51H95NO3/c1-3-5-7-9-11-13-15-17-19-21-23-24-25-26-27-29-31-33-35-37-39-41-43-45-47-51(55)52-49(48-53)50(54)46-44-42-40-38-36-34-32-30-28-22-20-18-16-14-12-10-8-6-4-2/h26-28,30,36,38,44,46,49-50,53-54H,3-25,29,31-35,37,39-43,45,47-48H2,1-2H3,(H,52,55)/b27-26-,30-28+,38-36+,46-44+. The average Bonchev–Trinajstić information content (AvgIpc) is 3.19. The summed E-state index contributed by atoms with van der Waals surface area (Å²) in [6.45, 7) is 4.30. The number of rotatable bonds is 44. The van der Waals surface area contributed by atoms with Gasteiger partial charge in [0.15, 0.2) is 0 Å². The van der Waals surface area contributed by atoms with Crippen molar-refractivity contribution in [3.05, 3.63) is 48.6 Å². The Hall–Kier alpha value is -1.65. The second kappa shape index (κ2) is 46.7. The van der Waals surface area contributed by atoms with Gasteiger partial charge in [-0.15, -0.1) is 0 Å². The van der Waals surface area contributed by atoms with Crippen molar-refractivity contribution in [1.29, 1.82) is 0 Å². The molecule has 2 atom stereocenters. The van der Waals surface area contributed by atoms with E-state index in [1.54, 1.807) is 6.08 Å². The number of amides is 1. The van der Waals surface area contributed by atoms with Crippen molar-refractivity contribution in [3.63, 3.8) is 0 Å². The van der Waals surface area contributed by atoms with E-state index in [0.29, 0.717) is 6.42 Å². The third-order valence-electron chi connectivity index (χ3n) is 11.0. The van der Waals surface area contributed by atoms with Crippen molar-refractivity contribution in [2.75, 3.05) is 6.61 Å². The molecule has 0 rings (SSSR count). The van der Waals surface area contributed by atoms with Gasteiger partial charge in [-0.05, 0) is 70.6 Å². The molecule has 0 spiro atoms. The van der Waals surface area contributed by atoms with Gasteiger partial charge in [0.2, 0.25) is 5.91 Å². The van der Waals surface area contributed by atoms with Crippen LogP contribution in [-0.4, -0.2) is 34.9 Å². The SMILES string of the molecule is CCCCCCCCCCC/C=C/CC/C=C/CC/C=C/C(O)C(CO)NC(=O)CCCCCCCCCC/C=C\CCCCCCCCCCCCCC. The van der Waals surface area contributed by atoms with Gasteiger partial charge in [0.05, 0.1) is 18.8 Å². The zero-order valence-corrected chi connectivity index (χ0v) is 36.9. The van der Waals surface area contributed by atoms with Crippen molar-refractivity contribution in [3.8, 4) is 0 Å². The molecule has 0 radical (unpaired) electrons. The Morgan fingerprint density at radius 2 is 0.709 bits per heavy atom. The largest absolute Gasteiger partial charge is 0.394 e. The van der Waals surface area contributed by atoms with Crippen LogP contribution in [0, 0.1) is 0 Å². The summed E-state index contributed by atoms with van der Waals surface area (Å²) in [5, 5.41) is 23.0. The van der Waals surface area contributed by atoms with Crippen LogP contribution in [0.5, 0.6) is 0 Å². The maximum atomic E-state index is 12.4. The van der Waals surface area contributed by atoms with Crippen LogP contribution in [0.4, 0.5) is 0 Å². The highest BCUT2D eigenvalue weighted by Gasteiger charge is 2.17. The fourth-order valence-corrected chi connectivity index (χ4v) is 7.26. The lowest BCUT2D eigenvalue weighted by Crippen LogP contribution is -2.45. The summed E-state index contributed by atoms with van der Waals surface area (Å²) in [4.78, 5) is 12.4. The average molecular weight is 770 g/mol. The highest BCUT2D eigenvalue weighted by Crippen LogP contribution is 2.15. The lowest BCUT2D eigenvalue weighted by Gasteiger charge is -2.19. The monoisotopic (exact) mass is 770 g/mol. The number of carbonyl (C=O) groups is 1. The molecule has 0 aromatic rings. The van der Waals surface area contributed by atoms with Crippen LogP contribution in [0.3, 0.4) is 0 Å². The summed E-state index contributed by atoms with van der Waals surface area (Å²) in [5.74, 6) is -0.0801. The van der Waals surface area contributed by atoms with Crippen LogP contribution >= 0.6 is 0 Å². The van der Waals surface area contributed by atoms with Crippen molar-refractivity contribution < 1.29 is 15.0 Å². The zero-order chi connectivity index (χ0) is 40.0. The van der Waals surface area contributed by atoms with Crippen LogP contribution in [0.25, 0.3) is 0 Å². The van der Waals surface area contributed by atoms with E-state index in [-0.39, 0.29) is 12.5 Å². The van der Waals surface area contributed by atoms with Crippen LogP contribution in [0.1, 0.15) is 251 Å². The fraction of sp³-hybridized carbons (Fsp3) is 0.824. The van der Waals surface area contributed by atoms with Gasteiger partial charge < -0.3 is 15.5 Å². The zero-order valence-electron chi connectivity index (χ0n) is 36.9. The normalized spacial score (nSPS) is 13.3. The summed E-state index contributed by atoms with van der Waals surface area (Å²) >= 11 is 0. The van der Waals surface area contributed by atoms with Gasteiger partial charge in [0, 0.05) is 6.42 Å². The summed E-state index contributed by atoms with van der Waals surface area (Å²) in [5.41, 5.74) is 0. The molecule has 0 aliphatic rings. The minimum absolute atomic E-state index is 0.0801. The second-order valence-electron chi connectivity index (χ2n) is 16.5. The lowest BCUT2D eigenvalue weighted by atomic mass is 10.0. The first-order valence-electron chi connectivity index (χ1n) is 24.4. The van der Waals surface area contributed by atoms with Gasteiger partial charge in [-0.1, -0.05) is 223 Å². The minimum atomic E-state index is -0.872. The van der Waals surface area contributed by atoms with E-state index in [2.05, 4.69) is 55.6 Å². The number of allylic oxidation sites excluding steroid dienone is 7. The number of carbonyl (C=O) groups excluding carboxylic acids is 1. The molecule has 4 nitrogen and oxygen atoms in total. The van der Waals surface area contributed by atoms with Crippen molar-refractivity contribution >= 4 is 5.91 Å². The van der Waals surface area contributed by atoms with Crippen molar-refractivity contribution in [2.24, 2.45) is 0 Å². The number of unbranched alkanes of at least 4 members (excludes halogenated alkanes) is 31. The molecule has 0 fully saturated rings. The van der Waals surface area contributed by atoms with Gasteiger partial charge in [0.25, 0.3) is 0 Å². The Morgan fingerprint density at radius 3 is 1.05 bits per heavy atom. The molecule has 0 aromatic heterocycles. The second-order valence-corrected chi connectivity index (χ2v) is 16.5. The molecular weight excluding hydrogens is 675 g/mol. The molecule has 3 N–H and O–H groups in total. The van der Waals surface area contributed by atoms with Crippen molar-refractivity contribution in [1.82, 2.24) is 5.32 Å². The first kappa shape index (κ1) is 53.4. The Kier molecular flexibility index (Phi) is 45.3. The maximum absolute atomic E-state index is 12.4. The van der Waals surface area contributed by atoms with Gasteiger partial charge in [-0.3, -0.25) is 4.79 Å². The number of hydrogen-bond acceptors (Lipinski definition) is 3. The number of aliphatic hydroxyl groups excluding tert-OH is 2. The highest BCUT2D eigenvalue weighted by atomic mass is 16.3. The third kappa shape index (κ3) is 43.3. The Morgan fingerprint density at radius 1 is 0.418 bits per heavy atom. The first-order chi connectivity index (χ1) is 27.2. The molecular formula is C51H95NO3. The van der Waals surface area contributed by atoms with E-state index in [1.165, 1.54) is 193 Å². The van der Waals surface area contributed by atoms with E-state index in [0.717, 1.165) is 38.5 Å². The topological polar surface area (TPSA) is 69.6 Å². The molecule has 0 aliphatic heterocycles. The minimum Gasteiger partial charge on any atom is -0.394 e. The quantitative estimate of drug-likeness (QED) is 0.0427. The molecule has 55 heavy (non-hydrogen) atoms. The first-order valence-corrected chi connectivity index (χ1v) is 24.4. The lowest BCUT2D eigenvalue weighted by molar-refractivity contribution is -0.123. The Bertz CT molecular complexity index is 877. The molecule has 0 heterocycles. The molecule has 4 heteroatoms. The van der Waals surface area contributed by atoms with Crippen LogP contribution in [-0.2, 0) is 4.79 Å². The van der Waals surface area contributed by atoms with E-state index >= 15 is 0 Å². The molecule has 2 unspecified atom stereocenters. The van der Waals surface area contributed by atoms with E-state index in [4.69, 9.17) is 0 Å². The van der Waals surface area contributed by atoms with E-state index < -0.39 is 12.1 Å². The molecule has 0 saturated carbocycles. The number of nitrogens with one attached hydrogen (secondary N) is 1. The van der Waals surface area contributed by atoms with E-state index in [1.807, 2.05) is 6.08 Å². The van der Waals surface area contributed by atoms with Gasteiger partial charge in [0.1, 0.15) is 0 Å². The molecule has 0 saturated heterocycles. The van der Waals surface area contributed by atoms with Crippen molar-refractivity contribution in [2.45, 2.75) is 264 Å². The molecule has 1 amide bonds. The maximum Gasteiger partial charge on any atom is 0.220 e. The number of hydrogen-bond donors (Lipinski definition) is 3. The predicted molar refractivity (Wildman–Crippen MR) is 244 cm³/mol. The van der Waals surface area contributed by atoms with Gasteiger partial charge >= 0.3 is 0 Å². The summed E-state index contributed by atoms with van der Waals surface area (Å²) in [6.07, 6.45) is 63.8. The Labute approximate surface area is 344 Å². The third-order valence-corrected chi connectivity index (χ3v) is 11.0. The van der Waals surface area contributed by atoms with E-state index in [9.17, 15) is 15.0 Å². The fourth-order valence-electron chi connectivity index (χ4n) is 7.26.